The van der Waals surface area contributed by atoms with Crippen LogP contribution < -0.4 is 16.4 Å². The van der Waals surface area contributed by atoms with E-state index < -0.39 is 30.0 Å². The van der Waals surface area contributed by atoms with E-state index in [-0.39, 0.29) is 30.8 Å². The van der Waals surface area contributed by atoms with Gasteiger partial charge in [-0.05, 0) is 56.4 Å². The van der Waals surface area contributed by atoms with Gasteiger partial charge in [0.1, 0.15) is 18.8 Å². The maximum absolute atomic E-state index is 14.3. The van der Waals surface area contributed by atoms with Gasteiger partial charge in [-0.3, -0.25) is 19.3 Å². The van der Waals surface area contributed by atoms with E-state index in [1.165, 1.54) is 0 Å². The second kappa shape index (κ2) is 10.7. The summed E-state index contributed by atoms with van der Waals surface area (Å²) in [5.74, 6) is -1.21. The number of ketones is 1. The summed E-state index contributed by atoms with van der Waals surface area (Å²) in [5.41, 5.74) is 14.3. The molecule has 1 aromatic carbocycles. The molecule has 9 heteroatoms. The van der Waals surface area contributed by atoms with Gasteiger partial charge in [-0.25, -0.2) is 0 Å². The first kappa shape index (κ1) is 26.1. The summed E-state index contributed by atoms with van der Waals surface area (Å²) < 4.78 is 5.65. The van der Waals surface area contributed by atoms with E-state index >= 15 is 0 Å². The Labute approximate surface area is 219 Å². The first-order chi connectivity index (χ1) is 17.8. The molecule has 202 valence electrons. The molecule has 4 fully saturated rings. The maximum Gasteiger partial charge on any atom is 0.249 e. The lowest BCUT2D eigenvalue weighted by Gasteiger charge is -2.39. The van der Waals surface area contributed by atoms with Crippen LogP contribution >= 0.6 is 0 Å². The van der Waals surface area contributed by atoms with Gasteiger partial charge < -0.3 is 26.0 Å². The number of hydrogen-bond acceptors (Lipinski definition) is 7. The molecule has 5 rings (SSSR count). The van der Waals surface area contributed by atoms with Crippen molar-refractivity contribution in [1.29, 1.82) is 0 Å². The molecule has 0 bridgehead atoms. The average Bonchev–Trinajstić information content (AvgIpc) is 3.45. The molecular weight excluding hydrogens is 470 g/mol. The number of fused-ring (bicyclic) bond motifs is 1. The highest BCUT2D eigenvalue weighted by Gasteiger charge is 2.53. The number of benzene rings is 1. The van der Waals surface area contributed by atoms with Crippen molar-refractivity contribution in [3.63, 3.8) is 0 Å². The van der Waals surface area contributed by atoms with Gasteiger partial charge in [0.2, 0.25) is 11.8 Å². The molecule has 1 saturated carbocycles. The zero-order valence-electron chi connectivity index (χ0n) is 22.1. The van der Waals surface area contributed by atoms with Crippen molar-refractivity contribution in [2.45, 2.75) is 76.1 Å². The van der Waals surface area contributed by atoms with Crippen LogP contribution in [-0.4, -0.2) is 91.0 Å². The number of amides is 2. The Kier molecular flexibility index (Phi) is 7.56. The topological polar surface area (TPSA) is 122 Å². The smallest absolute Gasteiger partial charge is 0.249 e. The molecule has 3 saturated heterocycles. The fourth-order valence-corrected chi connectivity index (χ4v) is 6.88. The van der Waals surface area contributed by atoms with Crippen LogP contribution in [0.1, 0.15) is 67.8 Å². The van der Waals surface area contributed by atoms with Gasteiger partial charge in [-0.15, -0.1) is 0 Å². The third kappa shape index (κ3) is 5.01. The largest absolute Gasteiger partial charge is 0.369 e. The zero-order valence-corrected chi connectivity index (χ0v) is 22.1. The Bertz CT molecular complexity index is 1030. The number of nitrogens with zero attached hydrogens (tertiary/aromatic N) is 3. The molecule has 2 amide bonds. The van der Waals surface area contributed by atoms with E-state index in [0.717, 1.165) is 64.0 Å². The van der Waals surface area contributed by atoms with E-state index in [1.807, 2.05) is 12.1 Å². The van der Waals surface area contributed by atoms with Crippen LogP contribution in [0, 0.1) is 5.92 Å². The molecule has 0 aromatic heterocycles. The third-order valence-electron chi connectivity index (χ3n) is 8.94. The minimum atomic E-state index is -0.641. The average molecular weight is 512 g/mol. The number of Topliss-reactive ketones (excluding diaryl/α,β-unsaturated/α-hetero) is 1. The van der Waals surface area contributed by atoms with Crippen molar-refractivity contribution in [2.75, 3.05) is 44.2 Å². The Morgan fingerprint density at radius 3 is 2.41 bits per heavy atom. The highest BCUT2D eigenvalue weighted by Crippen LogP contribution is 2.42. The monoisotopic (exact) mass is 511 g/mol. The predicted octanol–water partition coefficient (Wildman–Crippen LogP) is 1.49. The molecule has 1 aromatic rings. The first-order valence-electron chi connectivity index (χ1n) is 13.9. The summed E-state index contributed by atoms with van der Waals surface area (Å²) in [6.07, 6.45) is 4.60. The third-order valence-corrected chi connectivity index (χ3v) is 8.94. The fourth-order valence-electron chi connectivity index (χ4n) is 6.88. The molecule has 4 N–H and O–H groups in total. The van der Waals surface area contributed by atoms with Gasteiger partial charge in [0, 0.05) is 50.0 Å². The number of nitrogens with two attached hydrogens (primary N) is 2. The van der Waals surface area contributed by atoms with Crippen LogP contribution in [-0.2, 0) is 14.3 Å². The molecule has 0 spiro atoms. The van der Waals surface area contributed by atoms with E-state index in [0.29, 0.717) is 17.2 Å². The van der Waals surface area contributed by atoms with Crippen LogP contribution in [0.25, 0.3) is 0 Å². The van der Waals surface area contributed by atoms with Crippen LogP contribution in [0.15, 0.2) is 18.2 Å². The summed E-state index contributed by atoms with van der Waals surface area (Å²) in [5, 5.41) is 0. The summed E-state index contributed by atoms with van der Waals surface area (Å²) in [6.45, 7) is 8.39. The first-order valence-corrected chi connectivity index (χ1v) is 13.9. The van der Waals surface area contributed by atoms with Crippen molar-refractivity contribution in [3.8, 4) is 0 Å². The Hall–Kier alpha value is -2.49. The molecule has 0 unspecified atom stereocenters. The Morgan fingerprint density at radius 2 is 1.76 bits per heavy atom. The van der Waals surface area contributed by atoms with Crippen LogP contribution in [0.3, 0.4) is 0 Å². The van der Waals surface area contributed by atoms with Gasteiger partial charge in [0.25, 0.3) is 0 Å². The summed E-state index contributed by atoms with van der Waals surface area (Å²) >= 11 is 0. The fraction of sp³-hybridized carbons (Fsp3) is 0.679. The molecule has 4 aliphatic rings. The molecule has 3 heterocycles. The number of anilines is 1. The van der Waals surface area contributed by atoms with Crippen molar-refractivity contribution in [1.82, 2.24) is 9.80 Å². The number of likely N-dealkylation sites (tertiary alicyclic amines) is 1. The van der Waals surface area contributed by atoms with Crippen LogP contribution in [0.4, 0.5) is 5.69 Å². The summed E-state index contributed by atoms with van der Waals surface area (Å²) in [7, 11) is 0. The van der Waals surface area contributed by atoms with E-state index in [2.05, 4.69) is 23.6 Å². The minimum Gasteiger partial charge on any atom is -0.369 e. The van der Waals surface area contributed by atoms with Crippen molar-refractivity contribution < 1.29 is 19.1 Å². The Balaban J connectivity index is 1.51. The highest BCUT2D eigenvalue weighted by molar-refractivity contribution is 5.99. The number of carbonyl (C=O) groups is 3. The quantitative estimate of drug-likeness (QED) is 0.593. The summed E-state index contributed by atoms with van der Waals surface area (Å²) in [6, 6.07) is 5.22. The predicted molar refractivity (Wildman–Crippen MR) is 141 cm³/mol. The second-order valence-electron chi connectivity index (χ2n) is 11.5. The standard InChI is InChI=1S/C28H41N5O4/c1-17(2)31-10-12-32(13-11-31)19-8-9-20(27(30)35)21(14-19)24(18-6-4-3-5-7-18)28(36)33-15-22(29)26-25(33)23(34)16-37-26/h8-9,14,17-18,22,24-26H,3-7,10-13,15-16,29H2,1-2H3,(H2,30,35)/t22-,24+,25-,26-/m1/s1. The Morgan fingerprint density at radius 1 is 1.05 bits per heavy atom. The molecule has 0 radical (unpaired) electrons. The van der Waals surface area contributed by atoms with Crippen LogP contribution in [0.5, 0.6) is 0 Å². The molecule has 4 atom stereocenters. The lowest BCUT2D eigenvalue weighted by atomic mass is 9.74. The van der Waals surface area contributed by atoms with Crippen LogP contribution in [0.2, 0.25) is 0 Å². The zero-order chi connectivity index (χ0) is 26.3. The number of carbonyl (C=O) groups excluding carboxylic acids is 3. The van der Waals surface area contributed by atoms with Crippen molar-refractivity contribution >= 4 is 23.3 Å². The van der Waals surface area contributed by atoms with Gasteiger partial charge >= 0.3 is 0 Å². The summed E-state index contributed by atoms with van der Waals surface area (Å²) in [4.78, 5) is 46.1. The number of piperazine rings is 1. The van der Waals surface area contributed by atoms with Gasteiger partial charge in [-0.2, -0.15) is 0 Å². The minimum absolute atomic E-state index is 0.00865. The van der Waals surface area contributed by atoms with Gasteiger partial charge in [-0.1, -0.05) is 19.3 Å². The number of primary amides is 1. The number of ether oxygens (including phenoxy) is 1. The lowest BCUT2D eigenvalue weighted by Crippen LogP contribution is -2.49. The maximum atomic E-state index is 14.3. The van der Waals surface area contributed by atoms with Gasteiger partial charge in [0.15, 0.2) is 5.78 Å². The van der Waals surface area contributed by atoms with Crippen molar-refractivity contribution in [2.24, 2.45) is 17.4 Å². The molecule has 9 nitrogen and oxygen atoms in total. The molecule has 1 aliphatic carbocycles. The lowest BCUT2D eigenvalue weighted by molar-refractivity contribution is -0.139. The van der Waals surface area contributed by atoms with Crippen molar-refractivity contribution in [3.05, 3.63) is 29.3 Å². The van der Waals surface area contributed by atoms with E-state index in [1.54, 1.807) is 11.0 Å². The highest BCUT2D eigenvalue weighted by atomic mass is 16.5. The van der Waals surface area contributed by atoms with Gasteiger partial charge in [0.05, 0.1) is 12.0 Å². The molecule has 3 aliphatic heterocycles. The molecular formula is C28H41N5O4. The number of rotatable bonds is 6. The molecule has 37 heavy (non-hydrogen) atoms. The SMILES string of the molecule is CC(C)N1CCN(c2ccc(C(N)=O)c([C@@H](C(=O)N3C[C@@H](N)[C@H]4OCC(=O)[C@H]43)C3CCCCC3)c2)CC1. The van der Waals surface area contributed by atoms with E-state index in [9.17, 15) is 14.4 Å². The normalized spacial score (nSPS) is 28.1. The van der Waals surface area contributed by atoms with E-state index in [4.69, 9.17) is 16.2 Å². The number of hydrogen-bond donors (Lipinski definition) is 2. The second-order valence-corrected chi connectivity index (χ2v) is 11.5.